The Morgan fingerprint density at radius 3 is 1.80 bits per heavy atom. The average Bonchev–Trinajstić information content (AvgIpc) is 0.772. The number of unbranched alkanes of at least 4 members (excludes halogenated alkanes) is 1. The minimum Gasteiger partial charge on any atom is -0.381 e. The first-order valence-electron chi connectivity index (χ1n) is 37.5. The molecule has 7 aliphatic rings. The van der Waals surface area contributed by atoms with Crippen molar-refractivity contribution in [2.75, 3.05) is 75.1 Å². The van der Waals surface area contributed by atoms with Crippen molar-refractivity contribution >= 4 is 70.9 Å². The molecule has 0 aromatic carbocycles. The highest BCUT2D eigenvalue weighted by molar-refractivity contribution is 6.01. The number of hydrogen-bond acceptors (Lipinski definition) is 13. The number of likely N-dealkylation sites (N-methyl/N-ethyl adjacent to an activating group) is 5. The standard InChI is InChI=1S/C73H120F2N12O13/c1-14-15-27-51-66(93)84(12)73(6,7)72(99)78-53(38-44(2)3)65(92)82(10)58(69(96)85-34-18-16-19-35-85)42-60(89)81(9)56(39-45(4)5)64(91)79-62(47-23-21-24-47)71(98)86-36-20-17-28-54(86)70(97)87-37-33-55(87)68(95)83(11)57(40-46-29-31-49(100-13)32-30-46)67(94)80(8)43-59(88)76-52(63(90)77-51)41-48-25-22-26-50(74)61(48)75/h44-58,61-62H,14-43H2,1-13H3,(H,76,88)(H,77,90)(H,78,99)(H,79,91)/t46?,48?,49?,50?,51-,52-,53-,54-,55-,56-,57-,58-,61?,62-/m0/s1. The summed E-state index contributed by atoms with van der Waals surface area (Å²) in [5, 5.41) is 11.4. The van der Waals surface area contributed by atoms with Gasteiger partial charge in [0.1, 0.15) is 72.3 Å². The number of carbonyl (C=O) groups is 12. The van der Waals surface area contributed by atoms with Crippen molar-refractivity contribution in [3.8, 4) is 0 Å². The Balaban J connectivity index is 1.28. The molecule has 4 heterocycles. The number of ether oxygens (including phenoxy) is 1. The fourth-order valence-electron chi connectivity index (χ4n) is 15.7. The topological polar surface area (TPSA) is 288 Å². The number of nitrogens with zero attached hydrogens (tertiary/aromatic N) is 8. The van der Waals surface area contributed by atoms with Crippen LogP contribution in [0.2, 0.25) is 0 Å². The van der Waals surface area contributed by atoms with Gasteiger partial charge in [-0.1, -0.05) is 60.3 Å². The lowest BCUT2D eigenvalue weighted by Crippen LogP contribution is -2.66. The summed E-state index contributed by atoms with van der Waals surface area (Å²) in [5.41, 5.74) is -1.75. The molecule has 4 aliphatic heterocycles. The van der Waals surface area contributed by atoms with Crippen LogP contribution in [-0.2, 0) is 62.3 Å². The zero-order chi connectivity index (χ0) is 73.6. The van der Waals surface area contributed by atoms with Gasteiger partial charge >= 0.3 is 0 Å². The summed E-state index contributed by atoms with van der Waals surface area (Å²) in [6.07, 6.45) is 6.00. The van der Waals surface area contributed by atoms with Crippen molar-refractivity contribution in [3.63, 3.8) is 0 Å². The minimum atomic E-state index is -1.97. The molecule has 7 rings (SSSR count). The van der Waals surface area contributed by atoms with Crippen molar-refractivity contribution in [2.45, 2.75) is 287 Å². The molecule has 3 aliphatic carbocycles. The van der Waals surface area contributed by atoms with Gasteiger partial charge < -0.3 is 65.2 Å². The highest BCUT2D eigenvalue weighted by Crippen LogP contribution is 2.37. The number of hydrogen-bond donors (Lipinski definition) is 4. The van der Waals surface area contributed by atoms with Gasteiger partial charge in [-0.15, -0.1) is 0 Å². The second-order valence-electron chi connectivity index (χ2n) is 31.4. The van der Waals surface area contributed by atoms with Crippen LogP contribution in [0, 0.1) is 29.6 Å². The maximum absolute atomic E-state index is 15.9. The van der Waals surface area contributed by atoms with Gasteiger partial charge in [-0.2, -0.15) is 0 Å². The van der Waals surface area contributed by atoms with Gasteiger partial charge in [-0.25, -0.2) is 8.78 Å². The molecule has 12 atom stereocenters. The number of carbonyl (C=O) groups excluding carboxylic acids is 12. The third-order valence-corrected chi connectivity index (χ3v) is 22.9. The first-order valence-corrected chi connectivity index (χ1v) is 37.5. The van der Waals surface area contributed by atoms with Crippen LogP contribution in [0.15, 0.2) is 0 Å². The number of likely N-dealkylation sites (tertiary alicyclic amines) is 1. The summed E-state index contributed by atoms with van der Waals surface area (Å²) in [6.45, 7) is 12.8. The predicted octanol–water partition coefficient (Wildman–Crippen LogP) is 5.04. The largest absolute Gasteiger partial charge is 0.381 e. The van der Waals surface area contributed by atoms with Crippen LogP contribution < -0.4 is 21.3 Å². The SMILES string of the molecule is CCCC[C@@H]1NC(=O)[C@H](CC2CCCC(F)C2F)NC(=O)CN(C)C(=O)[C@H](CC2CCC(OC)CC2)N(C)C(=O)[C@@H]2CCN2C(=O)[C@@H]2CCCCN2C(=O)[C@H](C2CCC2)NC(=O)[C@H](CC(C)C)N(C)C(=O)C[C@@H](C(=O)N2CCCCC2)N(C)C(=O)[C@H](CC(C)C)NC(=O)C(C)(C)N(C)C1=O. The van der Waals surface area contributed by atoms with E-state index in [-0.39, 0.29) is 101 Å². The van der Waals surface area contributed by atoms with E-state index < -0.39 is 162 Å². The molecule has 0 bridgehead atoms. The van der Waals surface area contributed by atoms with Crippen molar-refractivity contribution in [1.82, 2.24) is 60.5 Å². The average molecular weight is 1410 g/mol. The second-order valence-corrected chi connectivity index (χ2v) is 31.4. The number of fused-ring (bicyclic) bond motifs is 2. The Hall–Kier alpha value is -6.54. The smallest absolute Gasteiger partial charge is 0.246 e. The first kappa shape index (κ1) is 80.8. The summed E-state index contributed by atoms with van der Waals surface area (Å²) >= 11 is 0. The molecule has 27 heteroatoms. The van der Waals surface area contributed by atoms with Crippen molar-refractivity contribution < 1.29 is 71.1 Å². The van der Waals surface area contributed by atoms with Crippen LogP contribution in [-0.4, -0.2) is 264 Å². The third-order valence-electron chi connectivity index (χ3n) is 22.9. The fourth-order valence-corrected chi connectivity index (χ4v) is 15.7. The number of amides is 12. The van der Waals surface area contributed by atoms with Crippen LogP contribution in [0.1, 0.15) is 209 Å². The highest BCUT2D eigenvalue weighted by Gasteiger charge is 2.50. The molecule has 0 radical (unpaired) electrons. The van der Waals surface area contributed by atoms with Crippen LogP contribution in [0.3, 0.4) is 0 Å². The molecule has 3 saturated carbocycles. The Bertz CT molecular complexity index is 2890. The molecule has 0 aromatic heterocycles. The Kier molecular flexibility index (Phi) is 29.5. The van der Waals surface area contributed by atoms with E-state index in [1.165, 1.54) is 73.6 Å². The number of piperidine rings is 2. The summed E-state index contributed by atoms with van der Waals surface area (Å²) in [7, 11) is 8.78. The summed E-state index contributed by atoms with van der Waals surface area (Å²) < 4.78 is 36.7. The van der Waals surface area contributed by atoms with Crippen LogP contribution >= 0.6 is 0 Å². The molecule has 4 saturated heterocycles. The maximum Gasteiger partial charge on any atom is 0.246 e. The van der Waals surface area contributed by atoms with Gasteiger partial charge in [-0.05, 0) is 172 Å². The third kappa shape index (κ3) is 20.0. The monoisotopic (exact) mass is 1410 g/mol. The lowest BCUT2D eigenvalue weighted by molar-refractivity contribution is -0.162. The van der Waals surface area contributed by atoms with E-state index in [2.05, 4.69) is 21.3 Å². The predicted molar refractivity (Wildman–Crippen MR) is 371 cm³/mol. The van der Waals surface area contributed by atoms with E-state index in [4.69, 9.17) is 4.74 Å². The number of alkyl halides is 2. The van der Waals surface area contributed by atoms with E-state index in [1.807, 2.05) is 34.6 Å². The molecule has 7 fully saturated rings. The van der Waals surface area contributed by atoms with Gasteiger partial charge in [0.2, 0.25) is 70.9 Å². The molecular formula is C73H120F2N12O13. The lowest BCUT2D eigenvalue weighted by atomic mass is 9.78. The second kappa shape index (κ2) is 36.6. The van der Waals surface area contributed by atoms with Crippen LogP contribution in [0.25, 0.3) is 0 Å². The number of rotatable bonds is 14. The Labute approximate surface area is 592 Å². The van der Waals surface area contributed by atoms with Gasteiger partial charge in [0.25, 0.3) is 0 Å². The number of halogens is 2. The molecule has 4 N–H and O–H groups in total. The molecule has 12 amide bonds. The quantitative estimate of drug-likeness (QED) is 0.178. The van der Waals surface area contributed by atoms with E-state index in [9.17, 15) is 24.0 Å². The zero-order valence-corrected chi connectivity index (χ0v) is 62.2. The molecular weight excluding hydrogens is 1290 g/mol. The summed E-state index contributed by atoms with van der Waals surface area (Å²) in [5.74, 6) is -9.44. The highest BCUT2D eigenvalue weighted by atomic mass is 19.2. The van der Waals surface area contributed by atoms with E-state index in [0.29, 0.717) is 96.6 Å². The van der Waals surface area contributed by atoms with Crippen LogP contribution in [0.4, 0.5) is 8.78 Å². The molecule has 25 nitrogen and oxygen atoms in total. The Morgan fingerprint density at radius 2 is 1.20 bits per heavy atom. The fraction of sp³-hybridized carbons (Fsp3) is 0.836. The minimum absolute atomic E-state index is 0.0149. The van der Waals surface area contributed by atoms with E-state index >= 15 is 42.3 Å². The van der Waals surface area contributed by atoms with Gasteiger partial charge in [-0.3, -0.25) is 57.5 Å². The molecule has 0 aromatic rings. The molecule has 0 spiro atoms. The normalized spacial score (nSPS) is 32.0. The summed E-state index contributed by atoms with van der Waals surface area (Å²) in [6, 6.07) is -11.0. The first-order chi connectivity index (χ1) is 47.3. The van der Waals surface area contributed by atoms with Crippen molar-refractivity contribution in [3.05, 3.63) is 0 Å². The molecule has 564 valence electrons. The summed E-state index contributed by atoms with van der Waals surface area (Å²) in [4.78, 5) is 191. The molecule has 100 heavy (non-hydrogen) atoms. The van der Waals surface area contributed by atoms with Gasteiger partial charge in [0.15, 0.2) is 0 Å². The zero-order valence-electron chi connectivity index (χ0n) is 62.2. The van der Waals surface area contributed by atoms with E-state index in [0.717, 1.165) is 22.6 Å². The van der Waals surface area contributed by atoms with Crippen molar-refractivity contribution in [1.29, 1.82) is 0 Å². The van der Waals surface area contributed by atoms with Crippen molar-refractivity contribution in [2.24, 2.45) is 29.6 Å². The molecule has 3 unspecified atom stereocenters. The van der Waals surface area contributed by atoms with Gasteiger partial charge in [0.05, 0.1) is 19.1 Å². The maximum atomic E-state index is 15.9. The number of nitrogens with one attached hydrogen (secondary N) is 4. The number of methoxy groups -OCH3 is 1. The van der Waals surface area contributed by atoms with E-state index in [1.54, 1.807) is 12.0 Å². The van der Waals surface area contributed by atoms with Crippen LogP contribution in [0.5, 0.6) is 0 Å². The van der Waals surface area contributed by atoms with Gasteiger partial charge in [0, 0.05) is 68.5 Å². The Morgan fingerprint density at radius 1 is 0.570 bits per heavy atom. The lowest BCUT2D eigenvalue weighted by Gasteiger charge is -2.47.